The van der Waals surface area contributed by atoms with Crippen LogP contribution in [0.4, 0.5) is 0 Å². The fourth-order valence-electron chi connectivity index (χ4n) is 8.37. The highest BCUT2D eigenvalue weighted by Gasteiger charge is 2.17. The molecular weight excluding hydrogens is 613 g/mol. The second kappa shape index (κ2) is 11.8. The Labute approximate surface area is 297 Å². The van der Waals surface area contributed by atoms with Crippen molar-refractivity contribution in [3.8, 4) is 44.5 Å². The second-order valence-corrected chi connectivity index (χ2v) is 13.7. The van der Waals surface area contributed by atoms with Crippen molar-refractivity contribution in [2.24, 2.45) is 0 Å². The van der Waals surface area contributed by atoms with Crippen LogP contribution >= 0.6 is 0 Å². The molecule has 0 aromatic heterocycles. The molecule has 0 aliphatic rings. The number of benzene rings is 10. The first kappa shape index (κ1) is 29.4. The van der Waals surface area contributed by atoms with Gasteiger partial charge in [-0.2, -0.15) is 0 Å². The lowest BCUT2D eigenvalue weighted by molar-refractivity contribution is 1.55. The van der Waals surface area contributed by atoms with Crippen molar-refractivity contribution < 1.29 is 0 Å². The Morgan fingerprint density at radius 3 is 1.45 bits per heavy atom. The van der Waals surface area contributed by atoms with Crippen molar-refractivity contribution in [2.45, 2.75) is 6.92 Å². The zero-order chi connectivity index (χ0) is 33.9. The second-order valence-electron chi connectivity index (χ2n) is 13.7. The summed E-state index contributed by atoms with van der Waals surface area (Å²) in [6.45, 7) is 2.21. The fraction of sp³-hybridized carbons (Fsp3) is 0.0196. The zero-order valence-corrected chi connectivity index (χ0v) is 28.4. The molecule has 0 heterocycles. The van der Waals surface area contributed by atoms with Crippen molar-refractivity contribution in [1.82, 2.24) is 0 Å². The molecule has 0 aliphatic carbocycles. The topological polar surface area (TPSA) is 0 Å². The van der Waals surface area contributed by atoms with E-state index in [0.717, 1.165) is 0 Å². The third-order valence-electron chi connectivity index (χ3n) is 10.8. The highest BCUT2D eigenvalue weighted by molar-refractivity contribution is 6.21. The van der Waals surface area contributed by atoms with Gasteiger partial charge in [0.15, 0.2) is 0 Å². The van der Waals surface area contributed by atoms with Gasteiger partial charge in [0, 0.05) is 0 Å². The highest BCUT2D eigenvalue weighted by Crippen LogP contribution is 2.45. The van der Waals surface area contributed by atoms with E-state index in [1.54, 1.807) is 0 Å². The van der Waals surface area contributed by atoms with Crippen molar-refractivity contribution in [2.75, 3.05) is 0 Å². The van der Waals surface area contributed by atoms with E-state index in [1.807, 2.05) is 0 Å². The third-order valence-corrected chi connectivity index (χ3v) is 10.8. The molecule has 0 saturated heterocycles. The fourth-order valence-corrected chi connectivity index (χ4v) is 8.37. The van der Waals surface area contributed by atoms with Crippen molar-refractivity contribution in [3.63, 3.8) is 0 Å². The number of rotatable bonds is 4. The van der Waals surface area contributed by atoms with E-state index in [2.05, 4.69) is 195 Å². The standard InChI is InChI=1S/C51H34/c1-33-30-39-29-28-38(32-49(39)44-18-5-4-16-41(33)44)37-14-10-15-40(31-37)51-47-21-8-6-19-45(47)50(46-20-7-9-22-48(46)51)36-26-24-35(25-27-36)43-23-11-13-34-12-2-3-17-42(34)43/h2-32H,1H3. The summed E-state index contributed by atoms with van der Waals surface area (Å²) in [7, 11) is 0. The Morgan fingerprint density at radius 2 is 0.745 bits per heavy atom. The van der Waals surface area contributed by atoms with E-state index >= 15 is 0 Å². The molecule has 0 nitrogen and oxygen atoms in total. The maximum atomic E-state index is 2.38. The molecule has 10 aromatic carbocycles. The minimum absolute atomic E-state index is 1.22. The van der Waals surface area contributed by atoms with E-state index in [-0.39, 0.29) is 0 Å². The Hall–Kier alpha value is -6.50. The molecule has 0 radical (unpaired) electrons. The van der Waals surface area contributed by atoms with Crippen LogP contribution in [0.2, 0.25) is 0 Å². The van der Waals surface area contributed by atoms with Crippen LogP contribution in [0.25, 0.3) is 98.4 Å². The molecule has 0 fully saturated rings. The summed E-state index contributed by atoms with van der Waals surface area (Å²) in [4.78, 5) is 0. The van der Waals surface area contributed by atoms with Crippen molar-refractivity contribution in [1.29, 1.82) is 0 Å². The smallest absolute Gasteiger partial charge is 0.00262 e. The quantitative estimate of drug-likeness (QED) is 0.132. The summed E-state index contributed by atoms with van der Waals surface area (Å²) in [6, 6.07) is 69.4. The molecule has 0 amide bonds. The van der Waals surface area contributed by atoms with E-state index in [4.69, 9.17) is 0 Å². The van der Waals surface area contributed by atoms with Gasteiger partial charge in [0.25, 0.3) is 0 Å². The molecule has 238 valence electrons. The summed E-state index contributed by atoms with van der Waals surface area (Å²) in [5, 5.41) is 12.8. The van der Waals surface area contributed by atoms with Gasteiger partial charge in [-0.05, 0) is 123 Å². The number of hydrogen-bond donors (Lipinski definition) is 0. The molecule has 0 aliphatic heterocycles. The monoisotopic (exact) mass is 646 g/mol. The lowest BCUT2D eigenvalue weighted by Crippen LogP contribution is -1.91. The van der Waals surface area contributed by atoms with Gasteiger partial charge in [-0.15, -0.1) is 0 Å². The van der Waals surface area contributed by atoms with Crippen LogP contribution in [0.5, 0.6) is 0 Å². The molecular formula is C51H34. The third kappa shape index (κ3) is 4.83. The highest BCUT2D eigenvalue weighted by atomic mass is 14.2. The average molecular weight is 647 g/mol. The summed E-state index contributed by atoms with van der Waals surface area (Å²) < 4.78 is 0. The van der Waals surface area contributed by atoms with Crippen LogP contribution < -0.4 is 0 Å². The lowest BCUT2D eigenvalue weighted by Gasteiger charge is -2.18. The van der Waals surface area contributed by atoms with E-state index < -0.39 is 0 Å². The van der Waals surface area contributed by atoms with Gasteiger partial charge in [-0.25, -0.2) is 0 Å². The molecule has 51 heavy (non-hydrogen) atoms. The summed E-state index contributed by atoms with van der Waals surface area (Å²) >= 11 is 0. The lowest BCUT2D eigenvalue weighted by atomic mass is 9.85. The van der Waals surface area contributed by atoms with E-state index in [0.29, 0.717) is 0 Å². The summed E-state index contributed by atoms with van der Waals surface area (Å²) in [5.41, 5.74) is 11.3. The van der Waals surface area contributed by atoms with E-state index in [1.165, 1.54) is 104 Å². The molecule has 0 saturated carbocycles. The molecule has 0 bridgehead atoms. The summed E-state index contributed by atoms with van der Waals surface area (Å²) in [6.07, 6.45) is 0. The minimum atomic E-state index is 1.22. The largest absolute Gasteiger partial charge is 0.0616 e. The number of fused-ring (bicyclic) bond motifs is 6. The Kier molecular flexibility index (Phi) is 6.82. The maximum Gasteiger partial charge on any atom is -0.00262 e. The molecule has 0 N–H and O–H groups in total. The SMILES string of the molecule is Cc1cc2ccc(-c3cccc(-c4c5ccccc5c(-c5ccc(-c6cccc7ccccc67)cc5)c5ccccc45)c3)cc2c2ccccc12. The molecule has 0 unspecified atom stereocenters. The van der Waals surface area contributed by atoms with Crippen LogP contribution in [0.3, 0.4) is 0 Å². The van der Waals surface area contributed by atoms with Crippen molar-refractivity contribution >= 4 is 53.9 Å². The van der Waals surface area contributed by atoms with Gasteiger partial charge in [0.1, 0.15) is 0 Å². The van der Waals surface area contributed by atoms with Crippen LogP contribution in [-0.4, -0.2) is 0 Å². The Balaban J connectivity index is 1.14. The van der Waals surface area contributed by atoms with E-state index in [9.17, 15) is 0 Å². The number of hydrogen-bond acceptors (Lipinski definition) is 0. The van der Waals surface area contributed by atoms with Gasteiger partial charge in [0.2, 0.25) is 0 Å². The van der Waals surface area contributed by atoms with Crippen LogP contribution in [0.1, 0.15) is 5.56 Å². The number of aryl methyl sites for hydroxylation is 1. The molecule has 0 atom stereocenters. The van der Waals surface area contributed by atoms with Gasteiger partial charge < -0.3 is 0 Å². The maximum absolute atomic E-state index is 2.38. The van der Waals surface area contributed by atoms with Gasteiger partial charge >= 0.3 is 0 Å². The predicted octanol–water partition coefficient (Wildman–Crippen LogP) is 14.4. The van der Waals surface area contributed by atoms with Gasteiger partial charge in [0.05, 0.1) is 0 Å². The Morgan fingerprint density at radius 1 is 0.255 bits per heavy atom. The molecule has 10 aromatic rings. The van der Waals surface area contributed by atoms with Gasteiger partial charge in [-0.3, -0.25) is 0 Å². The van der Waals surface area contributed by atoms with Crippen LogP contribution in [0, 0.1) is 6.92 Å². The van der Waals surface area contributed by atoms with Crippen LogP contribution in [0.15, 0.2) is 188 Å². The first-order valence-corrected chi connectivity index (χ1v) is 17.8. The van der Waals surface area contributed by atoms with Crippen LogP contribution in [-0.2, 0) is 0 Å². The zero-order valence-electron chi connectivity index (χ0n) is 28.4. The first-order valence-electron chi connectivity index (χ1n) is 17.8. The van der Waals surface area contributed by atoms with Gasteiger partial charge in [-0.1, -0.05) is 176 Å². The predicted molar refractivity (Wildman–Crippen MR) is 220 cm³/mol. The molecule has 10 rings (SSSR count). The Bertz CT molecular complexity index is 2900. The minimum Gasteiger partial charge on any atom is -0.0616 e. The van der Waals surface area contributed by atoms with Crippen molar-refractivity contribution in [3.05, 3.63) is 194 Å². The molecule has 0 heteroatoms. The normalized spacial score (nSPS) is 11.6. The first-order chi connectivity index (χ1) is 25.2. The molecule has 0 spiro atoms. The average Bonchev–Trinajstić information content (AvgIpc) is 3.20. The summed E-state index contributed by atoms with van der Waals surface area (Å²) in [5.74, 6) is 0.